The molecule has 1 unspecified atom stereocenters. The zero-order valence-electron chi connectivity index (χ0n) is 11.5. The Morgan fingerprint density at radius 1 is 1.42 bits per heavy atom. The number of carbonyl (C=O) groups excluding carboxylic acids is 2. The van der Waals surface area contributed by atoms with Crippen molar-refractivity contribution in [3.8, 4) is 0 Å². The molecule has 0 heterocycles. The van der Waals surface area contributed by atoms with Crippen molar-refractivity contribution in [1.29, 1.82) is 0 Å². The van der Waals surface area contributed by atoms with E-state index in [9.17, 15) is 9.59 Å². The minimum absolute atomic E-state index is 0.331. The molecule has 0 radical (unpaired) electrons. The molecule has 1 atom stereocenters. The van der Waals surface area contributed by atoms with Gasteiger partial charge in [-0.05, 0) is 38.5 Å². The lowest BCUT2D eigenvalue weighted by Gasteiger charge is -2.21. The SMILES string of the molecule is CC(C=O)c1ccc(Cl)cc1NC(=O)OC(C)(C)C. The smallest absolute Gasteiger partial charge is 0.412 e. The van der Waals surface area contributed by atoms with E-state index in [2.05, 4.69) is 5.32 Å². The third kappa shape index (κ3) is 4.91. The largest absolute Gasteiger partial charge is 0.444 e. The number of halogens is 1. The molecule has 1 aromatic carbocycles. The van der Waals surface area contributed by atoms with Crippen molar-refractivity contribution in [2.75, 3.05) is 5.32 Å². The number of benzene rings is 1. The molecule has 0 aliphatic rings. The average Bonchev–Trinajstić information content (AvgIpc) is 2.25. The highest BCUT2D eigenvalue weighted by atomic mass is 35.5. The Hall–Kier alpha value is -1.55. The van der Waals surface area contributed by atoms with Gasteiger partial charge in [0, 0.05) is 16.6 Å². The van der Waals surface area contributed by atoms with Crippen LogP contribution in [0.15, 0.2) is 18.2 Å². The maximum absolute atomic E-state index is 11.7. The predicted octanol–water partition coefficient (Wildman–Crippen LogP) is 3.99. The first kappa shape index (κ1) is 15.5. The summed E-state index contributed by atoms with van der Waals surface area (Å²) in [5, 5.41) is 3.10. The summed E-state index contributed by atoms with van der Waals surface area (Å²) < 4.78 is 5.17. The first-order valence-corrected chi connectivity index (χ1v) is 6.35. The van der Waals surface area contributed by atoms with Gasteiger partial charge in [-0.25, -0.2) is 4.79 Å². The highest BCUT2D eigenvalue weighted by molar-refractivity contribution is 6.31. The van der Waals surface area contributed by atoms with Crippen molar-refractivity contribution in [1.82, 2.24) is 0 Å². The van der Waals surface area contributed by atoms with Gasteiger partial charge in [0.1, 0.15) is 11.9 Å². The number of hydrogen-bond donors (Lipinski definition) is 1. The second-order valence-corrected chi connectivity index (χ2v) is 5.72. The van der Waals surface area contributed by atoms with Gasteiger partial charge in [-0.1, -0.05) is 24.6 Å². The van der Waals surface area contributed by atoms with E-state index < -0.39 is 11.7 Å². The van der Waals surface area contributed by atoms with Crippen molar-refractivity contribution in [3.05, 3.63) is 28.8 Å². The van der Waals surface area contributed by atoms with Crippen LogP contribution >= 0.6 is 11.6 Å². The van der Waals surface area contributed by atoms with Gasteiger partial charge in [0.25, 0.3) is 0 Å². The fourth-order valence-electron chi connectivity index (χ4n) is 1.52. The van der Waals surface area contributed by atoms with Crippen LogP contribution in [0.2, 0.25) is 5.02 Å². The molecule has 1 rings (SSSR count). The van der Waals surface area contributed by atoms with E-state index in [1.165, 1.54) is 0 Å². The Bertz CT molecular complexity index is 480. The van der Waals surface area contributed by atoms with Crippen LogP contribution in [-0.4, -0.2) is 18.0 Å². The van der Waals surface area contributed by atoms with Gasteiger partial charge in [-0.2, -0.15) is 0 Å². The summed E-state index contributed by atoms with van der Waals surface area (Å²) in [4.78, 5) is 22.6. The zero-order chi connectivity index (χ0) is 14.6. The standard InChI is InChI=1S/C14H18ClNO3/c1-9(8-17)11-6-5-10(15)7-12(11)16-13(18)19-14(2,3)4/h5-9H,1-4H3,(H,16,18). The molecule has 0 bridgehead atoms. The number of hydrogen-bond acceptors (Lipinski definition) is 3. The second-order valence-electron chi connectivity index (χ2n) is 5.28. The summed E-state index contributed by atoms with van der Waals surface area (Å²) in [6, 6.07) is 4.99. The number of nitrogens with one attached hydrogen (secondary N) is 1. The Balaban J connectivity index is 2.96. The van der Waals surface area contributed by atoms with Crippen LogP contribution in [0.1, 0.15) is 39.2 Å². The van der Waals surface area contributed by atoms with Crippen molar-refractivity contribution in [2.45, 2.75) is 39.2 Å². The molecule has 19 heavy (non-hydrogen) atoms. The van der Waals surface area contributed by atoms with E-state index in [1.807, 2.05) is 0 Å². The topological polar surface area (TPSA) is 55.4 Å². The predicted molar refractivity (Wildman–Crippen MR) is 75.8 cm³/mol. The normalized spacial score (nSPS) is 12.7. The Morgan fingerprint density at radius 3 is 2.58 bits per heavy atom. The van der Waals surface area contributed by atoms with Crippen LogP contribution in [-0.2, 0) is 9.53 Å². The fraction of sp³-hybridized carbons (Fsp3) is 0.429. The molecular formula is C14H18ClNO3. The van der Waals surface area contributed by atoms with Crippen LogP contribution in [0.4, 0.5) is 10.5 Å². The molecule has 0 aromatic heterocycles. The van der Waals surface area contributed by atoms with E-state index in [1.54, 1.807) is 45.9 Å². The summed E-state index contributed by atoms with van der Waals surface area (Å²) in [5.74, 6) is -0.331. The Labute approximate surface area is 118 Å². The molecule has 1 aromatic rings. The molecule has 4 nitrogen and oxygen atoms in total. The van der Waals surface area contributed by atoms with E-state index in [-0.39, 0.29) is 5.92 Å². The number of carbonyl (C=O) groups is 2. The van der Waals surface area contributed by atoms with Gasteiger partial charge in [-0.3, -0.25) is 5.32 Å². The summed E-state index contributed by atoms with van der Waals surface area (Å²) in [5.41, 5.74) is 0.602. The molecular weight excluding hydrogens is 266 g/mol. The van der Waals surface area contributed by atoms with E-state index in [0.717, 1.165) is 6.29 Å². The Morgan fingerprint density at radius 2 is 2.05 bits per heavy atom. The molecule has 1 amide bonds. The monoisotopic (exact) mass is 283 g/mol. The summed E-state index contributed by atoms with van der Waals surface area (Å²) in [6.07, 6.45) is 0.234. The van der Waals surface area contributed by atoms with Crippen LogP contribution in [0.5, 0.6) is 0 Å². The van der Waals surface area contributed by atoms with Gasteiger partial charge < -0.3 is 9.53 Å². The van der Waals surface area contributed by atoms with Gasteiger partial charge >= 0.3 is 6.09 Å². The van der Waals surface area contributed by atoms with E-state index in [4.69, 9.17) is 16.3 Å². The van der Waals surface area contributed by atoms with Gasteiger partial charge in [-0.15, -0.1) is 0 Å². The van der Waals surface area contributed by atoms with Crippen LogP contribution in [0, 0.1) is 0 Å². The summed E-state index contributed by atoms with van der Waals surface area (Å²) >= 11 is 5.90. The number of ether oxygens (including phenoxy) is 1. The molecule has 1 N–H and O–H groups in total. The zero-order valence-corrected chi connectivity index (χ0v) is 12.2. The third-order valence-electron chi connectivity index (χ3n) is 2.35. The van der Waals surface area contributed by atoms with Crippen LogP contribution in [0.25, 0.3) is 0 Å². The number of rotatable bonds is 3. The molecule has 0 aliphatic heterocycles. The highest BCUT2D eigenvalue weighted by Gasteiger charge is 2.18. The average molecular weight is 284 g/mol. The van der Waals surface area contributed by atoms with Crippen molar-refractivity contribution in [3.63, 3.8) is 0 Å². The van der Waals surface area contributed by atoms with Gasteiger partial charge in [0.05, 0.1) is 0 Å². The molecule has 0 aliphatic carbocycles. The number of aldehydes is 1. The van der Waals surface area contributed by atoms with Crippen molar-refractivity contribution >= 4 is 29.7 Å². The minimum atomic E-state index is -0.584. The first-order chi connectivity index (χ1) is 8.73. The molecule has 0 fully saturated rings. The molecule has 5 heteroatoms. The maximum atomic E-state index is 11.7. The lowest BCUT2D eigenvalue weighted by molar-refractivity contribution is -0.108. The van der Waals surface area contributed by atoms with Crippen molar-refractivity contribution < 1.29 is 14.3 Å². The van der Waals surface area contributed by atoms with Crippen LogP contribution in [0.3, 0.4) is 0 Å². The summed E-state index contributed by atoms with van der Waals surface area (Å²) in [6.45, 7) is 7.08. The fourth-order valence-corrected chi connectivity index (χ4v) is 1.69. The van der Waals surface area contributed by atoms with Gasteiger partial charge in [0.15, 0.2) is 0 Å². The molecule has 0 spiro atoms. The first-order valence-electron chi connectivity index (χ1n) is 5.97. The lowest BCUT2D eigenvalue weighted by Crippen LogP contribution is -2.27. The maximum Gasteiger partial charge on any atom is 0.412 e. The highest BCUT2D eigenvalue weighted by Crippen LogP contribution is 2.27. The van der Waals surface area contributed by atoms with Crippen molar-refractivity contribution in [2.24, 2.45) is 0 Å². The Kier molecular flexibility index (Phi) is 4.95. The number of amides is 1. The third-order valence-corrected chi connectivity index (χ3v) is 2.58. The number of anilines is 1. The van der Waals surface area contributed by atoms with Crippen LogP contribution < -0.4 is 5.32 Å². The quantitative estimate of drug-likeness (QED) is 0.853. The molecule has 0 saturated carbocycles. The van der Waals surface area contributed by atoms with E-state index in [0.29, 0.717) is 16.3 Å². The second kappa shape index (κ2) is 6.06. The molecule has 104 valence electrons. The minimum Gasteiger partial charge on any atom is -0.444 e. The molecule has 0 saturated heterocycles. The lowest BCUT2D eigenvalue weighted by atomic mass is 10.0. The van der Waals surface area contributed by atoms with Gasteiger partial charge in [0.2, 0.25) is 0 Å². The summed E-state index contributed by atoms with van der Waals surface area (Å²) in [7, 11) is 0. The van der Waals surface area contributed by atoms with E-state index >= 15 is 0 Å².